The van der Waals surface area contributed by atoms with Gasteiger partial charge in [-0.15, -0.1) is 0 Å². The maximum atomic E-state index is 12.3. The van der Waals surface area contributed by atoms with Gasteiger partial charge < -0.3 is 55.0 Å². The molecule has 4 unspecified atom stereocenters. The van der Waals surface area contributed by atoms with Crippen molar-refractivity contribution in [2.75, 3.05) is 7.11 Å². The molecule has 4 saturated heterocycles. The normalized spacial score (nSPS) is 29.4. The number of carbonyl (C=O) groups is 2. The number of aldehydes is 1. The van der Waals surface area contributed by atoms with Gasteiger partial charge in [0.25, 0.3) is 0 Å². The lowest BCUT2D eigenvalue weighted by Crippen LogP contribution is -2.69. The largest absolute Gasteiger partial charge is 0.469 e. The van der Waals surface area contributed by atoms with Crippen molar-refractivity contribution in [3.63, 3.8) is 0 Å². The lowest BCUT2D eigenvalue weighted by atomic mass is 9.87. The first kappa shape index (κ1) is 79.2. The van der Waals surface area contributed by atoms with E-state index in [2.05, 4.69) is 265 Å². The van der Waals surface area contributed by atoms with Gasteiger partial charge in [-0.3, -0.25) is 4.79 Å². The molecule has 13 nitrogen and oxygen atoms in total. The quantitative estimate of drug-likeness (QED) is 0.0496. The molecule has 4 aliphatic rings. The molecule has 4 heterocycles. The van der Waals surface area contributed by atoms with E-state index in [4.69, 9.17) is 50.2 Å². The molecule has 84 heavy (non-hydrogen) atoms. The van der Waals surface area contributed by atoms with E-state index < -0.39 is 56.0 Å². The van der Waals surface area contributed by atoms with Gasteiger partial charge in [-0.2, -0.15) is 0 Å². The Labute approximate surface area is 547 Å². The molecule has 492 valence electrons. The summed E-state index contributed by atoms with van der Waals surface area (Å²) >= 11 is 4.58. The van der Waals surface area contributed by atoms with Crippen molar-refractivity contribution in [1.82, 2.24) is 0 Å². The van der Waals surface area contributed by atoms with Crippen LogP contribution < -0.4 is 0 Å². The smallest absolute Gasteiger partial charge is 0.308 e. The molecule has 14 atom stereocenters. The zero-order valence-corrected chi connectivity index (χ0v) is 69.1. The van der Waals surface area contributed by atoms with Crippen LogP contribution in [0.5, 0.6) is 0 Å². The van der Waals surface area contributed by atoms with Crippen molar-refractivity contribution in [1.29, 1.82) is 0 Å². The van der Waals surface area contributed by atoms with Gasteiger partial charge in [0, 0.05) is 6.42 Å². The summed E-state index contributed by atoms with van der Waals surface area (Å²) in [6.45, 7) is 68.4. The first-order chi connectivity index (χ1) is 37.7. The highest BCUT2D eigenvalue weighted by Crippen LogP contribution is 2.50. The van der Waals surface area contributed by atoms with Crippen LogP contribution in [-0.2, 0) is 59.8 Å². The van der Waals surface area contributed by atoms with Crippen molar-refractivity contribution < 1.29 is 59.8 Å². The fourth-order valence-corrected chi connectivity index (χ4v) is 17.9. The zero-order valence-electron chi connectivity index (χ0n) is 58.8. The van der Waals surface area contributed by atoms with Gasteiger partial charge in [0.1, 0.15) is 55.1 Å². The summed E-state index contributed by atoms with van der Waals surface area (Å²) in [5.74, 6) is -0.260. The summed E-state index contributed by atoms with van der Waals surface area (Å²) in [6.07, 6.45) is 4.85. The Morgan fingerprint density at radius 3 is 1.01 bits per heavy atom. The molecule has 0 radical (unpaired) electrons. The Hall–Kier alpha value is 0.981. The highest BCUT2D eigenvalue weighted by atomic mass is 127. The fourth-order valence-electron chi connectivity index (χ4n) is 9.40. The third-order valence-electron chi connectivity index (χ3n) is 21.2. The second kappa shape index (κ2) is 29.5. The number of ether oxygens (including phenoxy) is 5. The first-order valence-electron chi connectivity index (χ1n) is 31.4. The predicted octanol–water partition coefficient (Wildman–Crippen LogP) is 18.0. The summed E-state index contributed by atoms with van der Waals surface area (Å²) in [6, 6.07) is 0. The third-order valence-corrected chi connectivity index (χ3v) is 48.8. The summed E-state index contributed by atoms with van der Waals surface area (Å²) in [5, 5.41) is 0.0443. The zero-order chi connectivity index (χ0) is 65.2. The van der Waals surface area contributed by atoms with Gasteiger partial charge in [-0.1, -0.05) is 170 Å². The minimum atomic E-state index is -2.31. The molecule has 0 amide bonds. The Morgan fingerprint density at radius 1 is 0.452 bits per heavy atom. The topological polar surface area (TPSA) is 136 Å². The Kier molecular flexibility index (Phi) is 27.8. The van der Waals surface area contributed by atoms with Crippen molar-refractivity contribution in [3.05, 3.63) is 20.3 Å². The van der Waals surface area contributed by atoms with E-state index in [9.17, 15) is 9.59 Å². The molecular formula is C63H124I2O13Si6. The van der Waals surface area contributed by atoms with Crippen LogP contribution in [-0.4, -0.2) is 155 Å². The molecule has 0 aromatic carbocycles. The average Bonchev–Trinajstić information content (AvgIpc) is 2.34. The monoisotopic (exact) mass is 1510 g/mol. The number of halogens is 2. The van der Waals surface area contributed by atoms with E-state index in [1.54, 1.807) is 0 Å². The van der Waals surface area contributed by atoms with E-state index in [1.165, 1.54) is 7.11 Å². The molecule has 21 heteroatoms. The van der Waals surface area contributed by atoms with Crippen LogP contribution in [0.4, 0.5) is 0 Å². The van der Waals surface area contributed by atoms with E-state index in [1.807, 2.05) is 4.08 Å². The summed E-state index contributed by atoms with van der Waals surface area (Å²) in [4.78, 5) is 23.8. The molecule has 4 aliphatic heterocycles. The van der Waals surface area contributed by atoms with E-state index in [0.29, 0.717) is 6.42 Å². The van der Waals surface area contributed by atoms with Crippen LogP contribution in [0, 0.1) is 0 Å². The van der Waals surface area contributed by atoms with Crippen LogP contribution in [0.25, 0.3) is 0 Å². The lowest BCUT2D eigenvalue weighted by Gasteiger charge is -2.56. The molecule has 4 fully saturated rings. The molecule has 0 spiro atoms. The molecule has 0 aromatic rings. The first-order valence-corrected chi connectivity index (χ1v) is 51.3. The lowest BCUT2D eigenvalue weighted by molar-refractivity contribution is -0.266. The number of rotatable bonds is 20. The molecule has 0 bridgehead atoms. The van der Waals surface area contributed by atoms with Crippen molar-refractivity contribution in [2.24, 2.45) is 0 Å². The fraction of sp³-hybridized carbons (Fsp3) is 0.905. The van der Waals surface area contributed by atoms with Gasteiger partial charge in [-0.25, -0.2) is 0 Å². The Bertz CT molecular complexity index is 2170. The highest BCUT2D eigenvalue weighted by molar-refractivity contribution is 14.1. The third kappa shape index (κ3) is 20.2. The van der Waals surface area contributed by atoms with E-state index in [-0.39, 0.29) is 122 Å². The van der Waals surface area contributed by atoms with E-state index in [0.717, 1.165) is 32.0 Å². The maximum Gasteiger partial charge on any atom is 0.308 e. The van der Waals surface area contributed by atoms with E-state index >= 15 is 0 Å². The Morgan fingerprint density at radius 2 is 0.738 bits per heavy atom. The highest BCUT2D eigenvalue weighted by Gasteiger charge is 2.60. The summed E-state index contributed by atoms with van der Waals surface area (Å²) < 4.78 is 80.4. The van der Waals surface area contributed by atoms with Crippen LogP contribution >= 0.6 is 45.2 Å². The molecule has 0 aromatic heterocycles. The van der Waals surface area contributed by atoms with Crippen LogP contribution in [0.3, 0.4) is 0 Å². The van der Waals surface area contributed by atoms with Crippen LogP contribution in [0.15, 0.2) is 20.3 Å². The number of carbonyl (C=O) groups excluding carboxylic acids is 2. The number of methoxy groups -OCH3 is 1. The standard InChI is InChI=1S/C32H63IO7Si3.C31H61IO6Si3/c1-30(2,3)41(11,12)38-24(19-20-33)27-29(40-43(15,16)32(7,8)9)28(39-42(13,14)31(4,5)6)26-23(37-27)18-17-22(36-26)21-25(34)35-10;1-29(2,3)39(10,11)36-24(18-20-32)26-28(38-41(14,15)31(7,8)9)27(37-40(12,13)30(4,5)6)25-23(35-26)17-16-22(34-25)19-21-33/h19-20,22-24,26-29H,17-18,21H2,1-16H3;18,20-28H,16-17,19H2,1-15H3/b20-19+;20-18+/t22?,23-,24+,26-,27?,28-,29+;22?,23-,24-,25-,26?,27-,28+/m00/s1. The van der Waals surface area contributed by atoms with Gasteiger partial charge in [0.05, 0.1) is 50.2 Å². The molecule has 0 saturated carbocycles. The minimum absolute atomic E-state index is 0.00170. The van der Waals surface area contributed by atoms with Crippen LogP contribution in [0.1, 0.15) is 163 Å². The average molecular weight is 1510 g/mol. The second-order valence-corrected chi connectivity index (χ2v) is 63.7. The van der Waals surface area contributed by atoms with Crippen molar-refractivity contribution in [3.8, 4) is 0 Å². The molecule has 0 N–H and O–H groups in total. The predicted molar refractivity (Wildman–Crippen MR) is 379 cm³/mol. The SMILES string of the molecule is CC(C)(C)[Si](C)(C)O[C@H]1[C@H]2OC(CC=O)CC[C@@H]2OC([C@H](/C=C/I)O[Si](C)(C)C(C)(C)C)[C@H]1O[Si](C)(C)C(C)(C)C.COC(=O)CC1CC[C@@H]2OC([C@@H](/C=C/I)O[Si](C)(C)C(C)(C)C)[C@@H](O[Si](C)(C)C(C)(C)C)[C@@H](O[Si](C)(C)C(C)(C)C)[C@H]2O1. The molecular weight excluding hydrogens is 1390 g/mol. The number of hydrogen-bond acceptors (Lipinski definition) is 13. The summed E-state index contributed by atoms with van der Waals surface area (Å²) in [7, 11) is -12.1. The second-order valence-electron chi connectivity index (χ2n) is 33.8. The number of fused-ring (bicyclic) bond motifs is 2. The van der Waals surface area contributed by atoms with Crippen molar-refractivity contribution >= 4 is 107 Å². The molecule has 4 rings (SSSR count). The molecule has 0 aliphatic carbocycles. The minimum Gasteiger partial charge on any atom is -0.469 e. The summed E-state index contributed by atoms with van der Waals surface area (Å²) in [5.41, 5.74) is 0. The van der Waals surface area contributed by atoms with Crippen LogP contribution in [0.2, 0.25) is 109 Å². The van der Waals surface area contributed by atoms with Crippen molar-refractivity contribution in [2.45, 2.75) is 357 Å². The number of hydrogen-bond donors (Lipinski definition) is 0. The van der Waals surface area contributed by atoms with Gasteiger partial charge in [0.15, 0.2) is 49.9 Å². The number of esters is 1. The van der Waals surface area contributed by atoms with Gasteiger partial charge >= 0.3 is 5.97 Å². The Balaban J connectivity index is 0.000000441. The van der Waals surface area contributed by atoms with Gasteiger partial charge in [-0.05, 0) is 155 Å². The van der Waals surface area contributed by atoms with Gasteiger partial charge in [0.2, 0.25) is 0 Å². The maximum absolute atomic E-state index is 12.3.